The van der Waals surface area contributed by atoms with E-state index in [2.05, 4.69) is 0 Å². The lowest BCUT2D eigenvalue weighted by molar-refractivity contribution is -0.127. The number of carbonyl (C=O) groups excluding carboxylic acids is 3. The van der Waals surface area contributed by atoms with Crippen molar-refractivity contribution in [1.82, 2.24) is 9.80 Å². The molecule has 2 heterocycles. The minimum absolute atomic E-state index is 0.0662. The Morgan fingerprint density at radius 3 is 2.30 bits per heavy atom. The molecule has 1 amide bonds. The molecule has 0 spiro atoms. The zero-order valence-corrected chi connectivity index (χ0v) is 22.4. The SMILES string of the molecule is Cc1c(F)cccc1C1C(C(=O)c2cccc(O)c2)CN(CCN2CCCC2=O)CC1C(=O)c1ccccc1F. The van der Waals surface area contributed by atoms with Crippen LogP contribution in [0, 0.1) is 30.4 Å². The average molecular weight is 547 g/mol. The lowest BCUT2D eigenvalue weighted by Gasteiger charge is -2.44. The quantitative estimate of drug-likeness (QED) is 0.403. The number of Topliss-reactive ketones (excluding diaryl/α,β-unsaturated/α-hetero) is 2. The molecule has 0 aliphatic carbocycles. The van der Waals surface area contributed by atoms with Crippen molar-refractivity contribution in [1.29, 1.82) is 0 Å². The topological polar surface area (TPSA) is 77.9 Å². The van der Waals surface area contributed by atoms with Gasteiger partial charge < -0.3 is 14.9 Å². The van der Waals surface area contributed by atoms with Gasteiger partial charge in [-0.2, -0.15) is 0 Å². The fourth-order valence-corrected chi connectivity index (χ4v) is 6.17. The summed E-state index contributed by atoms with van der Waals surface area (Å²) in [6.45, 7) is 3.66. The van der Waals surface area contributed by atoms with E-state index in [1.54, 1.807) is 42.2 Å². The van der Waals surface area contributed by atoms with E-state index in [1.807, 2.05) is 4.90 Å². The highest BCUT2D eigenvalue weighted by Gasteiger charge is 2.46. The maximum atomic E-state index is 14.9. The smallest absolute Gasteiger partial charge is 0.222 e. The Labute approximate surface area is 232 Å². The third-order valence-electron chi connectivity index (χ3n) is 8.25. The molecule has 208 valence electrons. The zero-order chi connectivity index (χ0) is 28.4. The summed E-state index contributed by atoms with van der Waals surface area (Å²) in [6, 6.07) is 16.4. The number of aromatic hydroxyl groups is 1. The van der Waals surface area contributed by atoms with Crippen LogP contribution in [0.4, 0.5) is 8.78 Å². The van der Waals surface area contributed by atoms with Crippen LogP contribution in [0.5, 0.6) is 5.75 Å². The van der Waals surface area contributed by atoms with Crippen LogP contribution < -0.4 is 0 Å². The summed E-state index contributed by atoms with van der Waals surface area (Å²) in [4.78, 5) is 44.1. The van der Waals surface area contributed by atoms with Crippen molar-refractivity contribution in [3.8, 4) is 5.75 Å². The van der Waals surface area contributed by atoms with E-state index in [0.29, 0.717) is 37.2 Å². The van der Waals surface area contributed by atoms with Crippen molar-refractivity contribution >= 4 is 17.5 Å². The summed E-state index contributed by atoms with van der Waals surface area (Å²) in [6.07, 6.45) is 1.31. The van der Waals surface area contributed by atoms with Crippen molar-refractivity contribution in [2.24, 2.45) is 11.8 Å². The van der Waals surface area contributed by atoms with Gasteiger partial charge in [0, 0.05) is 62.5 Å². The predicted molar refractivity (Wildman–Crippen MR) is 146 cm³/mol. The van der Waals surface area contributed by atoms with E-state index >= 15 is 0 Å². The van der Waals surface area contributed by atoms with E-state index in [0.717, 1.165) is 6.42 Å². The van der Waals surface area contributed by atoms with Crippen LogP contribution in [0.1, 0.15) is 50.6 Å². The number of rotatable bonds is 8. The molecule has 8 heteroatoms. The number of piperidine rings is 1. The molecule has 0 bridgehead atoms. The van der Waals surface area contributed by atoms with E-state index in [9.17, 15) is 28.3 Å². The fourth-order valence-electron chi connectivity index (χ4n) is 6.17. The largest absolute Gasteiger partial charge is 0.508 e. The molecule has 0 aromatic heterocycles. The number of phenols is 1. The van der Waals surface area contributed by atoms with Gasteiger partial charge in [0.05, 0.1) is 5.56 Å². The van der Waals surface area contributed by atoms with Gasteiger partial charge in [0.2, 0.25) is 5.91 Å². The average Bonchev–Trinajstić information content (AvgIpc) is 3.37. The van der Waals surface area contributed by atoms with Crippen molar-refractivity contribution in [3.63, 3.8) is 0 Å². The summed E-state index contributed by atoms with van der Waals surface area (Å²) in [7, 11) is 0. The van der Waals surface area contributed by atoms with Crippen molar-refractivity contribution in [2.75, 3.05) is 32.7 Å². The Hall–Kier alpha value is -3.91. The number of nitrogens with zero attached hydrogens (tertiary/aromatic N) is 2. The van der Waals surface area contributed by atoms with Gasteiger partial charge in [0.25, 0.3) is 0 Å². The van der Waals surface area contributed by atoms with Gasteiger partial charge >= 0.3 is 0 Å². The summed E-state index contributed by atoms with van der Waals surface area (Å²) >= 11 is 0. The van der Waals surface area contributed by atoms with Crippen LogP contribution in [-0.4, -0.2) is 65.1 Å². The maximum absolute atomic E-state index is 14.9. The molecular formula is C32H32F2N2O4. The molecular weight excluding hydrogens is 514 g/mol. The summed E-state index contributed by atoms with van der Waals surface area (Å²) in [5.74, 6) is -4.22. The van der Waals surface area contributed by atoms with Gasteiger partial charge in [-0.15, -0.1) is 0 Å². The summed E-state index contributed by atoms with van der Waals surface area (Å²) in [5, 5.41) is 10.1. The van der Waals surface area contributed by atoms with Gasteiger partial charge in [0.15, 0.2) is 11.6 Å². The Morgan fingerprint density at radius 2 is 1.60 bits per heavy atom. The van der Waals surface area contributed by atoms with E-state index < -0.39 is 35.2 Å². The second-order valence-electron chi connectivity index (χ2n) is 10.7. The highest BCUT2D eigenvalue weighted by molar-refractivity contribution is 6.02. The number of benzene rings is 3. The van der Waals surface area contributed by atoms with Crippen LogP contribution in [0.3, 0.4) is 0 Å². The molecule has 40 heavy (non-hydrogen) atoms. The van der Waals surface area contributed by atoms with E-state index in [4.69, 9.17) is 0 Å². The second-order valence-corrected chi connectivity index (χ2v) is 10.7. The first-order valence-corrected chi connectivity index (χ1v) is 13.6. The molecule has 3 unspecified atom stereocenters. The Morgan fingerprint density at radius 1 is 0.900 bits per heavy atom. The third-order valence-corrected chi connectivity index (χ3v) is 8.25. The zero-order valence-electron chi connectivity index (χ0n) is 22.4. The van der Waals surface area contributed by atoms with E-state index in [1.165, 1.54) is 36.4 Å². The predicted octanol–water partition coefficient (Wildman–Crippen LogP) is 5.00. The highest BCUT2D eigenvalue weighted by atomic mass is 19.1. The minimum Gasteiger partial charge on any atom is -0.508 e. The van der Waals surface area contributed by atoms with Gasteiger partial charge in [-0.1, -0.05) is 36.4 Å². The van der Waals surface area contributed by atoms with Crippen molar-refractivity contribution < 1.29 is 28.3 Å². The van der Waals surface area contributed by atoms with Crippen molar-refractivity contribution in [2.45, 2.75) is 25.7 Å². The number of likely N-dealkylation sites (tertiary alicyclic amines) is 2. The Balaban J connectivity index is 1.59. The molecule has 5 rings (SSSR count). The maximum Gasteiger partial charge on any atom is 0.222 e. The van der Waals surface area contributed by atoms with E-state index in [-0.39, 0.29) is 41.7 Å². The molecule has 3 aromatic carbocycles. The summed E-state index contributed by atoms with van der Waals surface area (Å²) < 4.78 is 29.7. The molecule has 2 aliphatic rings. The first kappa shape index (κ1) is 27.6. The molecule has 1 N–H and O–H groups in total. The first-order chi connectivity index (χ1) is 19.2. The number of hydrogen-bond acceptors (Lipinski definition) is 5. The third kappa shape index (κ3) is 5.54. The second kappa shape index (κ2) is 11.7. The van der Waals surface area contributed by atoms with Crippen LogP contribution in [-0.2, 0) is 4.79 Å². The highest BCUT2D eigenvalue weighted by Crippen LogP contribution is 2.42. The van der Waals surface area contributed by atoms with Gasteiger partial charge in [-0.3, -0.25) is 14.4 Å². The fraction of sp³-hybridized carbons (Fsp3) is 0.344. The Kier molecular flexibility index (Phi) is 8.07. The molecule has 2 saturated heterocycles. The molecule has 2 fully saturated rings. The van der Waals surface area contributed by atoms with Crippen molar-refractivity contribution in [3.05, 3.63) is 101 Å². The summed E-state index contributed by atoms with van der Waals surface area (Å²) in [5.41, 5.74) is 1.07. The Bertz CT molecular complexity index is 1440. The molecule has 6 nitrogen and oxygen atoms in total. The molecule has 0 saturated carbocycles. The monoisotopic (exact) mass is 546 g/mol. The van der Waals surface area contributed by atoms with Crippen LogP contribution in [0.15, 0.2) is 66.7 Å². The molecule has 3 aromatic rings. The number of phenolic OH excluding ortho intramolecular Hbond substituents is 1. The molecule has 2 aliphatic heterocycles. The number of carbonyl (C=O) groups is 3. The standard InChI is InChI=1S/C32H32F2N2O4/c1-20-23(10-5-12-27(20)33)30-25(31(39)21-7-4-8-22(37)17-21)18-35(15-16-36-14-6-13-29(36)38)19-26(30)32(40)24-9-2-3-11-28(24)34/h2-5,7-12,17,25-26,30,37H,6,13-16,18-19H2,1H3. The molecule has 3 atom stereocenters. The lowest BCUT2D eigenvalue weighted by Crippen LogP contribution is -2.52. The number of halogens is 2. The first-order valence-electron chi connectivity index (χ1n) is 13.6. The van der Waals surface area contributed by atoms with Crippen LogP contribution >= 0.6 is 0 Å². The van der Waals surface area contributed by atoms with Crippen LogP contribution in [0.2, 0.25) is 0 Å². The number of amides is 1. The number of hydrogen-bond donors (Lipinski definition) is 1. The minimum atomic E-state index is -0.855. The van der Waals surface area contributed by atoms with Gasteiger partial charge in [-0.25, -0.2) is 8.78 Å². The normalized spacial score (nSPS) is 21.5. The van der Waals surface area contributed by atoms with Gasteiger partial charge in [-0.05, 0) is 54.8 Å². The molecule has 0 radical (unpaired) electrons. The van der Waals surface area contributed by atoms with Gasteiger partial charge in [0.1, 0.15) is 17.4 Å². The number of ketones is 2. The van der Waals surface area contributed by atoms with Crippen LogP contribution in [0.25, 0.3) is 0 Å². The lowest BCUT2D eigenvalue weighted by atomic mass is 9.67.